The molecule has 9 heteroatoms. The summed E-state index contributed by atoms with van der Waals surface area (Å²) in [4.78, 5) is 16.0. The van der Waals surface area contributed by atoms with Crippen LogP contribution in [0.15, 0.2) is 10.6 Å². The first-order chi connectivity index (χ1) is 9.49. The number of aryl methyl sites for hydroxylation is 1. The minimum Gasteiger partial charge on any atom is -0.333 e. The Morgan fingerprint density at radius 2 is 2.14 bits per heavy atom. The summed E-state index contributed by atoms with van der Waals surface area (Å²) in [5.74, 6) is 0.802. The summed E-state index contributed by atoms with van der Waals surface area (Å²) < 4.78 is 5.22. The van der Waals surface area contributed by atoms with E-state index >= 15 is 0 Å². The van der Waals surface area contributed by atoms with Gasteiger partial charge in [-0.1, -0.05) is 18.0 Å². The van der Waals surface area contributed by atoms with Gasteiger partial charge in [0.1, 0.15) is 0 Å². The van der Waals surface area contributed by atoms with Crippen LogP contribution < -0.4 is 5.73 Å². The zero-order valence-electron chi connectivity index (χ0n) is 11.4. The average Bonchev–Trinajstić information content (AvgIpc) is 3.07. The molecule has 0 atom stereocenters. The summed E-state index contributed by atoms with van der Waals surface area (Å²) >= 11 is 1.27. The molecule has 7 nitrogen and oxygen atoms in total. The van der Waals surface area contributed by atoms with Gasteiger partial charge in [-0.05, 0) is 19.8 Å². The van der Waals surface area contributed by atoms with E-state index in [1.807, 2.05) is 0 Å². The van der Waals surface area contributed by atoms with Crippen LogP contribution in [-0.2, 0) is 5.54 Å². The molecular weight excluding hydrogens is 316 g/mol. The molecule has 0 aromatic carbocycles. The molecule has 114 valence electrons. The van der Waals surface area contributed by atoms with Crippen LogP contribution >= 0.6 is 23.7 Å². The number of halogens is 1. The number of aromatic nitrogens is 2. The van der Waals surface area contributed by atoms with E-state index in [-0.39, 0.29) is 18.1 Å². The Morgan fingerprint density at radius 3 is 2.71 bits per heavy atom. The van der Waals surface area contributed by atoms with Gasteiger partial charge in [0, 0.05) is 6.07 Å². The lowest BCUT2D eigenvalue weighted by Crippen LogP contribution is -2.34. The molecule has 2 N–H and O–H groups in total. The summed E-state index contributed by atoms with van der Waals surface area (Å²) in [7, 11) is 0. The smallest absolute Gasteiger partial charge is 0.283 e. The zero-order valence-corrected chi connectivity index (χ0v) is 13.0. The van der Waals surface area contributed by atoms with Crippen molar-refractivity contribution >= 4 is 29.4 Å². The SMILES string of the molecule is Cc1sc(-c2nc(C3(N)CCCC3)no2)cc1[N+](=O)[O-].Cl. The van der Waals surface area contributed by atoms with Crippen molar-refractivity contribution in [2.24, 2.45) is 5.73 Å². The minimum absolute atomic E-state index is 0. The molecule has 3 rings (SSSR count). The monoisotopic (exact) mass is 330 g/mol. The van der Waals surface area contributed by atoms with Gasteiger partial charge in [0.15, 0.2) is 5.82 Å². The van der Waals surface area contributed by atoms with Crippen LogP contribution in [0.5, 0.6) is 0 Å². The first-order valence-electron chi connectivity index (χ1n) is 6.38. The maximum Gasteiger partial charge on any atom is 0.283 e. The van der Waals surface area contributed by atoms with Crippen molar-refractivity contribution in [2.45, 2.75) is 38.1 Å². The minimum atomic E-state index is -0.514. The Morgan fingerprint density at radius 1 is 1.48 bits per heavy atom. The molecule has 2 aromatic heterocycles. The molecule has 1 saturated carbocycles. The highest BCUT2D eigenvalue weighted by atomic mass is 35.5. The lowest BCUT2D eigenvalue weighted by atomic mass is 9.99. The molecule has 21 heavy (non-hydrogen) atoms. The topological polar surface area (TPSA) is 108 Å². The first-order valence-corrected chi connectivity index (χ1v) is 7.19. The summed E-state index contributed by atoms with van der Waals surface area (Å²) in [6, 6.07) is 1.47. The average molecular weight is 331 g/mol. The predicted molar refractivity (Wildman–Crippen MR) is 80.6 cm³/mol. The first kappa shape index (κ1) is 15.9. The molecule has 1 aliphatic carbocycles. The molecule has 0 unspecified atom stereocenters. The Kier molecular flexibility index (Phi) is 4.31. The van der Waals surface area contributed by atoms with E-state index in [2.05, 4.69) is 10.1 Å². The fraction of sp³-hybridized carbons (Fsp3) is 0.500. The Balaban J connectivity index is 0.00000161. The second-order valence-corrected chi connectivity index (χ2v) is 6.35. The van der Waals surface area contributed by atoms with Crippen molar-refractivity contribution in [3.63, 3.8) is 0 Å². The van der Waals surface area contributed by atoms with Gasteiger partial charge in [0.25, 0.3) is 11.6 Å². The highest BCUT2D eigenvalue weighted by molar-refractivity contribution is 7.15. The maximum atomic E-state index is 10.9. The lowest BCUT2D eigenvalue weighted by Gasteiger charge is -2.17. The van der Waals surface area contributed by atoms with Crippen molar-refractivity contribution < 1.29 is 9.45 Å². The van der Waals surface area contributed by atoms with Crippen molar-refractivity contribution in [1.29, 1.82) is 0 Å². The molecule has 0 radical (unpaired) electrons. The largest absolute Gasteiger partial charge is 0.333 e. The normalized spacial score (nSPS) is 16.7. The standard InChI is InChI=1S/C12H14N4O3S.ClH/c1-7-8(16(17)18)6-9(20-7)10-14-11(15-19-10)12(13)4-2-3-5-12;/h6H,2-5,13H2,1H3;1H. The van der Waals surface area contributed by atoms with Crippen molar-refractivity contribution in [3.05, 3.63) is 26.9 Å². The number of nitrogens with two attached hydrogens (primary N) is 1. The highest BCUT2D eigenvalue weighted by Crippen LogP contribution is 2.38. The molecule has 0 bridgehead atoms. The van der Waals surface area contributed by atoms with E-state index in [0.29, 0.717) is 21.5 Å². The molecular formula is C12H15ClN4O3S. The van der Waals surface area contributed by atoms with Gasteiger partial charge in [0.05, 0.1) is 20.2 Å². The highest BCUT2D eigenvalue weighted by Gasteiger charge is 2.36. The fourth-order valence-electron chi connectivity index (χ4n) is 2.51. The number of nitro groups is 1. The number of rotatable bonds is 3. The Labute approximate surface area is 131 Å². The van der Waals surface area contributed by atoms with E-state index < -0.39 is 10.5 Å². The fourth-order valence-corrected chi connectivity index (χ4v) is 3.42. The van der Waals surface area contributed by atoms with Crippen molar-refractivity contribution in [2.75, 3.05) is 0 Å². The van der Waals surface area contributed by atoms with E-state index in [1.165, 1.54) is 17.4 Å². The molecule has 1 fully saturated rings. The second-order valence-electron chi connectivity index (χ2n) is 5.10. The third-order valence-electron chi connectivity index (χ3n) is 3.67. The molecule has 0 aliphatic heterocycles. The quantitative estimate of drug-likeness (QED) is 0.684. The zero-order chi connectivity index (χ0) is 14.3. The third-order valence-corrected chi connectivity index (χ3v) is 4.69. The molecule has 0 amide bonds. The molecule has 2 aromatic rings. The van der Waals surface area contributed by atoms with E-state index in [0.717, 1.165) is 25.7 Å². The van der Waals surface area contributed by atoms with Gasteiger partial charge >= 0.3 is 0 Å². The molecule has 0 saturated heterocycles. The second kappa shape index (κ2) is 5.70. The Bertz CT molecular complexity index is 663. The van der Waals surface area contributed by atoms with Crippen molar-refractivity contribution in [1.82, 2.24) is 10.1 Å². The molecule has 2 heterocycles. The summed E-state index contributed by atoms with van der Waals surface area (Å²) in [6.45, 7) is 1.70. The molecule has 1 aliphatic rings. The summed E-state index contributed by atoms with van der Waals surface area (Å²) in [6.07, 6.45) is 3.80. The maximum absolute atomic E-state index is 10.9. The van der Waals surface area contributed by atoms with Crippen LogP contribution in [0.4, 0.5) is 5.69 Å². The van der Waals surface area contributed by atoms with Gasteiger partial charge in [0.2, 0.25) is 0 Å². The van der Waals surface area contributed by atoms with E-state index in [9.17, 15) is 10.1 Å². The van der Waals surface area contributed by atoms with Crippen LogP contribution in [0, 0.1) is 17.0 Å². The summed E-state index contributed by atoms with van der Waals surface area (Å²) in [5.41, 5.74) is 5.83. The summed E-state index contributed by atoms with van der Waals surface area (Å²) in [5, 5.41) is 14.8. The number of thiophene rings is 1. The van der Waals surface area contributed by atoms with Crippen LogP contribution in [0.25, 0.3) is 10.8 Å². The third kappa shape index (κ3) is 2.78. The molecule has 0 spiro atoms. The van der Waals surface area contributed by atoms with Crippen LogP contribution in [-0.4, -0.2) is 15.1 Å². The van der Waals surface area contributed by atoms with Gasteiger partial charge in [-0.25, -0.2) is 0 Å². The number of nitrogens with zero attached hydrogens (tertiary/aromatic N) is 3. The van der Waals surface area contributed by atoms with Gasteiger partial charge in [-0.3, -0.25) is 10.1 Å². The predicted octanol–water partition coefficient (Wildman–Crippen LogP) is 3.16. The lowest BCUT2D eigenvalue weighted by molar-refractivity contribution is -0.385. The number of hydrogen-bond acceptors (Lipinski definition) is 7. The van der Waals surface area contributed by atoms with Crippen LogP contribution in [0.1, 0.15) is 36.4 Å². The van der Waals surface area contributed by atoms with Crippen molar-refractivity contribution in [3.8, 4) is 10.8 Å². The van der Waals surface area contributed by atoms with E-state index in [1.54, 1.807) is 6.92 Å². The number of hydrogen-bond donors (Lipinski definition) is 1. The van der Waals surface area contributed by atoms with Crippen LogP contribution in [0.2, 0.25) is 0 Å². The van der Waals surface area contributed by atoms with Gasteiger partial charge in [-0.15, -0.1) is 23.7 Å². The van der Waals surface area contributed by atoms with E-state index in [4.69, 9.17) is 10.3 Å². The van der Waals surface area contributed by atoms with Crippen LogP contribution in [0.3, 0.4) is 0 Å². The van der Waals surface area contributed by atoms with Gasteiger partial charge in [-0.2, -0.15) is 4.98 Å². The van der Waals surface area contributed by atoms with Gasteiger partial charge < -0.3 is 10.3 Å². The Hall–Kier alpha value is -1.51.